The van der Waals surface area contributed by atoms with Gasteiger partial charge in [0.2, 0.25) is 0 Å². The van der Waals surface area contributed by atoms with Crippen LogP contribution < -0.4 is 0 Å². The SMILES string of the molecule is CC/C=C\C/C=C\C/C=C\CCCCCC(=O)OC(COCCCCCCCCCCCCCCCCCCCCCC)COC(=O)CCCCCCCCCCCCCCCCCCC. The molecule has 66 heavy (non-hydrogen) atoms. The molecule has 0 heterocycles. The van der Waals surface area contributed by atoms with Crippen LogP contribution in [0.3, 0.4) is 0 Å². The molecule has 0 rings (SSSR count). The second kappa shape index (κ2) is 57.4. The Morgan fingerprint density at radius 2 is 0.682 bits per heavy atom. The highest BCUT2D eigenvalue weighted by atomic mass is 16.6. The number of unbranched alkanes of at least 4 members (excludes halogenated alkanes) is 38. The lowest BCUT2D eigenvalue weighted by Gasteiger charge is -2.18. The van der Waals surface area contributed by atoms with Crippen molar-refractivity contribution in [2.45, 2.75) is 322 Å². The van der Waals surface area contributed by atoms with Crippen LogP contribution in [0, 0.1) is 0 Å². The van der Waals surface area contributed by atoms with Gasteiger partial charge in [0.1, 0.15) is 6.61 Å². The molecule has 0 fully saturated rings. The summed E-state index contributed by atoms with van der Waals surface area (Å²) in [6, 6.07) is 0. The van der Waals surface area contributed by atoms with Crippen LogP contribution in [-0.2, 0) is 23.8 Å². The highest BCUT2D eigenvalue weighted by Crippen LogP contribution is 2.17. The molecule has 0 aliphatic heterocycles. The third kappa shape index (κ3) is 54.7. The normalized spacial score (nSPS) is 12.3. The van der Waals surface area contributed by atoms with Gasteiger partial charge in [0, 0.05) is 19.4 Å². The molecule has 0 aromatic heterocycles. The van der Waals surface area contributed by atoms with E-state index in [0.717, 1.165) is 64.2 Å². The zero-order chi connectivity index (χ0) is 47.7. The standard InChI is InChI=1S/C61H114O5/c1-4-7-10-13-16-19-22-25-27-29-30-31-33-35-38-41-44-47-50-53-56-64-57-59(66-61(63)55-52-49-46-43-40-36-24-21-18-15-12-9-6-3)58-65-60(62)54-51-48-45-42-39-37-34-32-28-26-23-20-17-14-11-8-5-2/h9,12,18,21,36,40,59H,4-8,10-11,13-17,19-20,22-35,37-39,41-58H2,1-3H3/b12-9-,21-18-,40-36-. The van der Waals surface area contributed by atoms with Crippen molar-refractivity contribution in [1.82, 2.24) is 0 Å². The van der Waals surface area contributed by atoms with Crippen molar-refractivity contribution in [2.24, 2.45) is 0 Å². The zero-order valence-corrected chi connectivity index (χ0v) is 44.7. The van der Waals surface area contributed by atoms with Crippen LogP contribution in [0.25, 0.3) is 0 Å². The van der Waals surface area contributed by atoms with Crippen molar-refractivity contribution in [3.63, 3.8) is 0 Å². The first-order valence-corrected chi connectivity index (χ1v) is 29.5. The first-order valence-electron chi connectivity index (χ1n) is 29.5. The molecular weight excluding hydrogens is 813 g/mol. The van der Waals surface area contributed by atoms with Crippen LogP contribution in [0.5, 0.6) is 0 Å². The van der Waals surface area contributed by atoms with Gasteiger partial charge in [-0.2, -0.15) is 0 Å². The fraction of sp³-hybridized carbons (Fsp3) is 0.869. The van der Waals surface area contributed by atoms with Crippen LogP contribution in [0.15, 0.2) is 36.5 Å². The third-order valence-corrected chi connectivity index (χ3v) is 13.2. The molecule has 5 nitrogen and oxygen atoms in total. The van der Waals surface area contributed by atoms with Crippen LogP contribution >= 0.6 is 0 Å². The average Bonchev–Trinajstić information content (AvgIpc) is 3.32. The Bertz CT molecular complexity index is 1050. The number of carbonyl (C=O) groups is 2. The summed E-state index contributed by atoms with van der Waals surface area (Å²) in [5.41, 5.74) is 0. The van der Waals surface area contributed by atoms with E-state index < -0.39 is 6.10 Å². The molecule has 0 aromatic carbocycles. The predicted octanol–water partition coefficient (Wildman–Crippen LogP) is 20.1. The molecule has 0 aliphatic rings. The van der Waals surface area contributed by atoms with E-state index in [-0.39, 0.29) is 25.2 Å². The van der Waals surface area contributed by atoms with Crippen molar-refractivity contribution < 1.29 is 23.8 Å². The maximum atomic E-state index is 12.8. The second-order valence-corrected chi connectivity index (χ2v) is 19.9. The Morgan fingerprint density at radius 3 is 1.09 bits per heavy atom. The first kappa shape index (κ1) is 64.1. The summed E-state index contributed by atoms with van der Waals surface area (Å²) in [4.78, 5) is 25.5. The molecular formula is C61H114O5. The van der Waals surface area contributed by atoms with E-state index in [1.54, 1.807) is 0 Å². The molecule has 5 heteroatoms. The van der Waals surface area contributed by atoms with Crippen LogP contribution in [0.1, 0.15) is 316 Å². The lowest BCUT2D eigenvalue weighted by atomic mass is 10.0. The van der Waals surface area contributed by atoms with Crippen LogP contribution in [0.2, 0.25) is 0 Å². The summed E-state index contributed by atoms with van der Waals surface area (Å²) >= 11 is 0. The monoisotopic (exact) mass is 927 g/mol. The molecule has 0 N–H and O–H groups in total. The van der Waals surface area contributed by atoms with Gasteiger partial charge in [-0.15, -0.1) is 0 Å². The fourth-order valence-corrected chi connectivity index (χ4v) is 8.82. The van der Waals surface area contributed by atoms with Gasteiger partial charge in [0.15, 0.2) is 6.10 Å². The Labute approximate surface area is 412 Å². The second-order valence-electron chi connectivity index (χ2n) is 19.9. The number of rotatable bonds is 55. The van der Waals surface area contributed by atoms with E-state index in [9.17, 15) is 9.59 Å². The number of allylic oxidation sites excluding steroid dienone is 6. The minimum Gasteiger partial charge on any atom is -0.462 e. The predicted molar refractivity (Wildman–Crippen MR) is 288 cm³/mol. The van der Waals surface area contributed by atoms with E-state index >= 15 is 0 Å². The van der Waals surface area contributed by atoms with Gasteiger partial charge in [-0.25, -0.2) is 0 Å². The third-order valence-electron chi connectivity index (χ3n) is 13.2. The first-order chi connectivity index (χ1) is 32.6. The lowest BCUT2D eigenvalue weighted by Crippen LogP contribution is -2.30. The van der Waals surface area contributed by atoms with Crippen molar-refractivity contribution in [1.29, 1.82) is 0 Å². The number of ether oxygens (including phenoxy) is 3. The summed E-state index contributed by atoms with van der Waals surface area (Å²) in [5, 5.41) is 0. The van der Waals surface area contributed by atoms with E-state index in [4.69, 9.17) is 14.2 Å². The fourth-order valence-electron chi connectivity index (χ4n) is 8.82. The number of hydrogen-bond donors (Lipinski definition) is 0. The average molecular weight is 928 g/mol. The topological polar surface area (TPSA) is 61.8 Å². The smallest absolute Gasteiger partial charge is 0.306 e. The molecule has 0 saturated carbocycles. The minimum absolute atomic E-state index is 0.0803. The largest absolute Gasteiger partial charge is 0.462 e. The molecule has 0 aromatic rings. The molecule has 0 bridgehead atoms. The van der Waals surface area contributed by atoms with E-state index in [0.29, 0.717) is 19.4 Å². The van der Waals surface area contributed by atoms with Gasteiger partial charge >= 0.3 is 11.9 Å². The molecule has 1 atom stereocenters. The molecule has 0 amide bonds. The van der Waals surface area contributed by atoms with Crippen molar-refractivity contribution in [3.05, 3.63) is 36.5 Å². The molecule has 0 spiro atoms. The van der Waals surface area contributed by atoms with Crippen molar-refractivity contribution in [2.75, 3.05) is 19.8 Å². The molecule has 1 unspecified atom stereocenters. The van der Waals surface area contributed by atoms with Crippen LogP contribution in [-0.4, -0.2) is 37.9 Å². The summed E-state index contributed by atoms with van der Waals surface area (Å²) in [6.45, 7) is 7.76. The van der Waals surface area contributed by atoms with Gasteiger partial charge in [-0.05, 0) is 51.4 Å². The molecule has 0 aliphatic carbocycles. The summed E-state index contributed by atoms with van der Waals surface area (Å²) in [7, 11) is 0. The Kier molecular flexibility index (Phi) is 55.8. The molecule has 0 radical (unpaired) electrons. The van der Waals surface area contributed by atoms with Crippen molar-refractivity contribution >= 4 is 11.9 Å². The molecule has 388 valence electrons. The Morgan fingerprint density at radius 1 is 0.348 bits per heavy atom. The maximum Gasteiger partial charge on any atom is 0.306 e. The van der Waals surface area contributed by atoms with Crippen molar-refractivity contribution in [3.8, 4) is 0 Å². The highest BCUT2D eigenvalue weighted by molar-refractivity contribution is 5.70. The lowest BCUT2D eigenvalue weighted by molar-refractivity contribution is -0.163. The van der Waals surface area contributed by atoms with Gasteiger partial charge in [-0.3, -0.25) is 9.59 Å². The summed E-state index contributed by atoms with van der Waals surface area (Å²) < 4.78 is 17.5. The summed E-state index contributed by atoms with van der Waals surface area (Å²) in [6.07, 6.45) is 70.4. The van der Waals surface area contributed by atoms with E-state index in [2.05, 4.69) is 57.2 Å². The van der Waals surface area contributed by atoms with Gasteiger partial charge in [-0.1, -0.05) is 288 Å². The van der Waals surface area contributed by atoms with Gasteiger partial charge in [0.05, 0.1) is 6.61 Å². The quantitative estimate of drug-likeness (QED) is 0.0345. The number of carbonyl (C=O) groups excluding carboxylic acids is 2. The molecule has 0 saturated heterocycles. The summed E-state index contributed by atoms with van der Waals surface area (Å²) in [5.74, 6) is -0.410. The maximum absolute atomic E-state index is 12.8. The van der Waals surface area contributed by atoms with E-state index in [1.165, 1.54) is 218 Å². The number of esters is 2. The van der Waals surface area contributed by atoms with Crippen LogP contribution in [0.4, 0.5) is 0 Å². The minimum atomic E-state index is -0.546. The van der Waals surface area contributed by atoms with Gasteiger partial charge < -0.3 is 14.2 Å². The van der Waals surface area contributed by atoms with E-state index in [1.807, 2.05) is 0 Å². The highest BCUT2D eigenvalue weighted by Gasteiger charge is 2.17. The Balaban J connectivity index is 4.20. The van der Waals surface area contributed by atoms with Gasteiger partial charge in [0.25, 0.3) is 0 Å². The number of hydrogen-bond acceptors (Lipinski definition) is 5. The zero-order valence-electron chi connectivity index (χ0n) is 44.7. The Hall–Kier alpha value is -1.88.